The maximum Gasteiger partial charge on any atom is 0.115 e. The first-order valence-corrected chi connectivity index (χ1v) is 8.31. The second-order valence-electron chi connectivity index (χ2n) is 6.29. The van der Waals surface area contributed by atoms with Crippen LogP contribution in [0, 0.1) is 0 Å². The first-order chi connectivity index (χ1) is 11.7. The molecule has 4 aliphatic rings. The van der Waals surface area contributed by atoms with Crippen LogP contribution in [0.2, 0.25) is 0 Å². The fourth-order valence-corrected chi connectivity index (χ4v) is 3.67. The van der Waals surface area contributed by atoms with Crippen LogP contribution >= 0.6 is 0 Å². The van der Waals surface area contributed by atoms with Gasteiger partial charge in [-0.2, -0.15) is 0 Å². The van der Waals surface area contributed by atoms with Crippen molar-refractivity contribution < 1.29 is 37.9 Å². The fraction of sp³-hybridized carbons (Fsp3) is 1.00. The first kappa shape index (κ1) is 18.5. The Labute approximate surface area is 142 Å². The molecule has 0 N–H and O–H groups in total. The second-order valence-corrected chi connectivity index (χ2v) is 6.29. The topological polar surface area (TPSA) is 73.8 Å². The maximum absolute atomic E-state index is 5.51. The number of hydrogen-bond donors (Lipinski definition) is 0. The van der Waals surface area contributed by atoms with Gasteiger partial charge in [0.2, 0.25) is 0 Å². The molecule has 0 saturated carbocycles. The van der Waals surface area contributed by atoms with Crippen molar-refractivity contribution in [1.29, 1.82) is 0 Å². The summed E-state index contributed by atoms with van der Waals surface area (Å²) in [4.78, 5) is 0. The molecule has 0 radical (unpaired) electrons. The number of methoxy groups -OCH3 is 4. The zero-order valence-corrected chi connectivity index (χ0v) is 14.7. The summed E-state index contributed by atoms with van der Waals surface area (Å²) >= 11 is 0. The molecule has 4 aliphatic heterocycles. The van der Waals surface area contributed by atoms with Crippen LogP contribution in [0.5, 0.6) is 0 Å². The van der Waals surface area contributed by atoms with Gasteiger partial charge in [-0.3, -0.25) is 0 Å². The summed E-state index contributed by atoms with van der Waals surface area (Å²) < 4.78 is 42.9. The molecule has 8 nitrogen and oxygen atoms in total. The van der Waals surface area contributed by atoms with Crippen LogP contribution in [0.4, 0.5) is 0 Å². The molecule has 8 atom stereocenters. The molecular formula is C16H28O8. The lowest BCUT2D eigenvalue weighted by molar-refractivity contribution is -0.0267. The Balaban J connectivity index is 0.000000141. The average Bonchev–Trinajstić information content (AvgIpc) is 3.35. The van der Waals surface area contributed by atoms with Gasteiger partial charge in [0.15, 0.2) is 0 Å². The third-order valence-electron chi connectivity index (χ3n) is 5.14. The molecule has 0 bridgehead atoms. The lowest BCUT2D eigenvalue weighted by atomic mass is 10.1. The van der Waals surface area contributed by atoms with Gasteiger partial charge in [0.1, 0.15) is 48.8 Å². The summed E-state index contributed by atoms with van der Waals surface area (Å²) in [5, 5.41) is 0. The zero-order valence-electron chi connectivity index (χ0n) is 14.7. The molecular weight excluding hydrogens is 320 g/mol. The second kappa shape index (κ2) is 8.37. The van der Waals surface area contributed by atoms with Crippen molar-refractivity contribution in [3.05, 3.63) is 0 Å². The Morgan fingerprint density at radius 3 is 0.833 bits per heavy atom. The predicted octanol–water partition coefficient (Wildman–Crippen LogP) is -0.372. The van der Waals surface area contributed by atoms with E-state index < -0.39 is 0 Å². The minimum absolute atomic E-state index is 0.0694. The lowest BCUT2D eigenvalue weighted by Gasteiger charge is -2.14. The highest BCUT2D eigenvalue weighted by Gasteiger charge is 2.49. The van der Waals surface area contributed by atoms with E-state index >= 15 is 0 Å². The number of ether oxygens (including phenoxy) is 8. The van der Waals surface area contributed by atoms with E-state index in [2.05, 4.69) is 0 Å². The fourth-order valence-electron chi connectivity index (χ4n) is 3.67. The molecule has 4 fully saturated rings. The van der Waals surface area contributed by atoms with E-state index in [1.807, 2.05) is 0 Å². The summed E-state index contributed by atoms with van der Waals surface area (Å²) in [6.07, 6.45) is 0.593. The zero-order chi connectivity index (χ0) is 17.1. The van der Waals surface area contributed by atoms with E-state index in [1.54, 1.807) is 28.4 Å². The van der Waals surface area contributed by atoms with Crippen LogP contribution in [-0.4, -0.2) is 104 Å². The predicted molar refractivity (Wildman–Crippen MR) is 82.1 cm³/mol. The van der Waals surface area contributed by atoms with Gasteiger partial charge in [-0.1, -0.05) is 0 Å². The molecule has 0 aromatic rings. The molecule has 24 heavy (non-hydrogen) atoms. The van der Waals surface area contributed by atoms with Crippen molar-refractivity contribution in [2.24, 2.45) is 0 Å². The van der Waals surface area contributed by atoms with E-state index in [-0.39, 0.29) is 48.8 Å². The molecule has 4 heterocycles. The van der Waals surface area contributed by atoms with Crippen molar-refractivity contribution in [3.63, 3.8) is 0 Å². The van der Waals surface area contributed by atoms with Gasteiger partial charge in [-0.25, -0.2) is 0 Å². The Kier molecular flexibility index (Phi) is 6.44. The molecule has 0 aromatic carbocycles. The molecule has 0 amide bonds. The Morgan fingerprint density at radius 2 is 0.667 bits per heavy atom. The van der Waals surface area contributed by atoms with Crippen LogP contribution in [-0.2, 0) is 37.9 Å². The van der Waals surface area contributed by atoms with Crippen molar-refractivity contribution >= 4 is 0 Å². The number of fused-ring (bicyclic) bond motifs is 2. The minimum Gasteiger partial charge on any atom is -0.376 e. The SMILES string of the molecule is COC1COC2C(OC)COC12.CO[C@H]1CO[C@H]2[C@@H]1OC[C@H]2OC. The van der Waals surface area contributed by atoms with Crippen LogP contribution < -0.4 is 0 Å². The van der Waals surface area contributed by atoms with Crippen LogP contribution in [0.25, 0.3) is 0 Å². The van der Waals surface area contributed by atoms with Gasteiger partial charge in [0.05, 0.1) is 26.4 Å². The average molecular weight is 348 g/mol. The van der Waals surface area contributed by atoms with E-state index in [0.29, 0.717) is 26.4 Å². The molecule has 0 spiro atoms. The molecule has 4 rings (SSSR count). The number of rotatable bonds is 4. The summed E-state index contributed by atoms with van der Waals surface area (Å²) in [5.41, 5.74) is 0. The Morgan fingerprint density at radius 1 is 0.458 bits per heavy atom. The Hall–Kier alpha value is -0.320. The third-order valence-corrected chi connectivity index (χ3v) is 5.14. The number of hydrogen-bond acceptors (Lipinski definition) is 8. The molecule has 0 aliphatic carbocycles. The monoisotopic (exact) mass is 348 g/mol. The largest absolute Gasteiger partial charge is 0.376 e. The molecule has 140 valence electrons. The smallest absolute Gasteiger partial charge is 0.115 e. The summed E-state index contributed by atoms with van der Waals surface area (Å²) in [7, 11) is 6.72. The molecule has 4 unspecified atom stereocenters. The highest BCUT2D eigenvalue weighted by atomic mass is 16.6. The van der Waals surface area contributed by atoms with Crippen molar-refractivity contribution in [3.8, 4) is 0 Å². The van der Waals surface area contributed by atoms with E-state index in [9.17, 15) is 0 Å². The van der Waals surface area contributed by atoms with E-state index in [0.717, 1.165) is 0 Å². The lowest BCUT2D eigenvalue weighted by Crippen LogP contribution is -2.32. The van der Waals surface area contributed by atoms with E-state index in [1.165, 1.54) is 0 Å². The summed E-state index contributed by atoms with van der Waals surface area (Å²) in [6.45, 7) is 2.47. The Bertz CT molecular complexity index is 322. The normalized spacial score (nSPS) is 46.5. The van der Waals surface area contributed by atoms with Gasteiger partial charge in [-0.05, 0) is 0 Å². The van der Waals surface area contributed by atoms with Crippen LogP contribution in [0.1, 0.15) is 0 Å². The first-order valence-electron chi connectivity index (χ1n) is 8.31. The quantitative estimate of drug-likeness (QED) is 0.681. The highest BCUT2D eigenvalue weighted by molar-refractivity contribution is 4.96. The van der Waals surface area contributed by atoms with Crippen LogP contribution in [0.15, 0.2) is 0 Å². The minimum atomic E-state index is 0.0694. The molecule has 0 aromatic heterocycles. The van der Waals surface area contributed by atoms with Crippen molar-refractivity contribution in [1.82, 2.24) is 0 Å². The summed E-state index contributed by atoms with van der Waals surface area (Å²) in [6, 6.07) is 0. The maximum atomic E-state index is 5.51. The standard InChI is InChI=1S/2C8H14O4/c2*1-9-5-3-11-8-6(10-2)4-12-7(5)8/h2*5-8H,3-4H2,1-2H3/t5-,6+,7-,8-;/m1./s1. The van der Waals surface area contributed by atoms with Gasteiger partial charge in [0.25, 0.3) is 0 Å². The van der Waals surface area contributed by atoms with Gasteiger partial charge in [0, 0.05) is 28.4 Å². The summed E-state index contributed by atoms with van der Waals surface area (Å²) in [5.74, 6) is 0. The van der Waals surface area contributed by atoms with Gasteiger partial charge in [-0.15, -0.1) is 0 Å². The van der Waals surface area contributed by atoms with Crippen LogP contribution in [0.3, 0.4) is 0 Å². The third kappa shape index (κ3) is 3.47. The van der Waals surface area contributed by atoms with Gasteiger partial charge < -0.3 is 37.9 Å². The van der Waals surface area contributed by atoms with Gasteiger partial charge >= 0.3 is 0 Å². The molecule has 4 saturated heterocycles. The van der Waals surface area contributed by atoms with Crippen molar-refractivity contribution in [2.45, 2.75) is 48.8 Å². The molecule has 8 heteroatoms. The van der Waals surface area contributed by atoms with E-state index in [4.69, 9.17) is 37.9 Å². The highest BCUT2D eigenvalue weighted by Crippen LogP contribution is 2.30. The van der Waals surface area contributed by atoms with Crippen molar-refractivity contribution in [2.75, 3.05) is 54.9 Å².